The first-order valence-corrected chi connectivity index (χ1v) is 9.47. The quantitative estimate of drug-likeness (QED) is 0.406. The predicted molar refractivity (Wildman–Crippen MR) is 115 cm³/mol. The minimum atomic E-state index is -0.379. The molecular weight excluding hydrogens is 413 g/mol. The lowest BCUT2D eigenvalue weighted by molar-refractivity contribution is -0.120. The number of carbonyl (C=O) groups excluding carboxylic acids is 2. The van der Waals surface area contributed by atoms with Gasteiger partial charge in [0.25, 0.3) is 5.91 Å². The third-order valence-corrected chi connectivity index (χ3v) is 4.89. The Hall–Kier alpha value is -3.09. The molecule has 3 N–H and O–H groups in total. The van der Waals surface area contributed by atoms with E-state index in [2.05, 4.69) is 15.8 Å². The molecule has 8 heteroatoms. The minimum Gasteiger partial charge on any atom is -0.507 e. The first-order chi connectivity index (χ1) is 14.0. The van der Waals surface area contributed by atoms with Crippen molar-refractivity contribution in [2.75, 3.05) is 6.54 Å². The molecule has 148 valence electrons. The van der Waals surface area contributed by atoms with Crippen LogP contribution in [0.15, 0.2) is 59.7 Å². The van der Waals surface area contributed by atoms with E-state index in [4.69, 9.17) is 23.2 Å². The number of fused-ring (bicyclic) bond motifs is 1. The molecule has 0 atom stereocenters. The van der Waals surface area contributed by atoms with Gasteiger partial charge in [-0.3, -0.25) is 9.59 Å². The fraction of sp³-hybridized carbons (Fsp3) is 0.0952. The number of hydrogen-bond acceptors (Lipinski definition) is 4. The average Bonchev–Trinajstić information content (AvgIpc) is 2.71. The molecule has 0 bridgehead atoms. The summed E-state index contributed by atoms with van der Waals surface area (Å²) in [4.78, 5) is 24.0. The Kier molecular flexibility index (Phi) is 6.69. The molecule has 0 fully saturated rings. The fourth-order valence-electron chi connectivity index (χ4n) is 2.67. The van der Waals surface area contributed by atoms with Crippen LogP contribution in [0.1, 0.15) is 22.3 Å². The molecule has 3 aromatic rings. The van der Waals surface area contributed by atoms with Gasteiger partial charge in [0.1, 0.15) is 5.75 Å². The summed E-state index contributed by atoms with van der Waals surface area (Å²) in [6, 6.07) is 15.4. The van der Waals surface area contributed by atoms with Gasteiger partial charge in [0.15, 0.2) is 0 Å². The van der Waals surface area contributed by atoms with E-state index in [1.165, 1.54) is 18.3 Å². The van der Waals surface area contributed by atoms with Crippen molar-refractivity contribution in [2.24, 2.45) is 5.10 Å². The monoisotopic (exact) mass is 429 g/mol. The van der Waals surface area contributed by atoms with E-state index in [0.29, 0.717) is 16.1 Å². The first kappa shape index (κ1) is 20.6. The number of rotatable bonds is 6. The fourth-order valence-corrected chi connectivity index (χ4v) is 2.97. The van der Waals surface area contributed by atoms with Crippen molar-refractivity contribution >= 4 is 52.0 Å². The lowest BCUT2D eigenvalue weighted by Gasteiger charge is -2.06. The van der Waals surface area contributed by atoms with Crippen LogP contribution in [0.25, 0.3) is 10.8 Å². The maximum absolute atomic E-state index is 12.0. The predicted octanol–water partition coefficient (Wildman–Crippen LogP) is 4.12. The van der Waals surface area contributed by atoms with Crippen molar-refractivity contribution < 1.29 is 14.7 Å². The van der Waals surface area contributed by atoms with E-state index in [1.54, 1.807) is 18.2 Å². The summed E-state index contributed by atoms with van der Waals surface area (Å²) >= 11 is 11.7. The normalized spacial score (nSPS) is 11.0. The van der Waals surface area contributed by atoms with Gasteiger partial charge in [0.05, 0.1) is 16.3 Å². The van der Waals surface area contributed by atoms with Gasteiger partial charge in [-0.2, -0.15) is 5.10 Å². The van der Waals surface area contributed by atoms with Crippen molar-refractivity contribution in [2.45, 2.75) is 6.42 Å². The molecule has 3 aromatic carbocycles. The molecule has 0 aliphatic carbocycles. The highest BCUT2D eigenvalue weighted by Gasteiger charge is 2.09. The molecule has 0 aliphatic rings. The zero-order chi connectivity index (χ0) is 20.8. The molecule has 0 aliphatic heterocycles. The highest BCUT2D eigenvalue weighted by Crippen LogP contribution is 2.25. The summed E-state index contributed by atoms with van der Waals surface area (Å²) in [5, 5.41) is 19.0. The van der Waals surface area contributed by atoms with Crippen LogP contribution >= 0.6 is 23.2 Å². The molecule has 0 saturated carbocycles. The SMILES string of the molecule is O=C(CCNC(=O)c1ccc(Cl)c(Cl)c1)NN=Cc1c(O)ccc2ccccc12. The van der Waals surface area contributed by atoms with Gasteiger partial charge < -0.3 is 10.4 Å². The summed E-state index contributed by atoms with van der Waals surface area (Å²) in [6.45, 7) is 0.125. The topological polar surface area (TPSA) is 90.8 Å². The number of benzene rings is 3. The molecular formula is C21H17Cl2N3O3. The Morgan fingerprint density at radius 2 is 1.83 bits per heavy atom. The summed E-state index contributed by atoms with van der Waals surface area (Å²) in [5.41, 5.74) is 3.24. The Bertz CT molecular complexity index is 1100. The molecule has 2 amide bonds. The first-order valence-electron chi connectivity index (χ1n) is 8.71. The van der Waals surface area contributed by atoms with Gasteiger partial charge in [-0.05, 0) is 35.0 Å². The number of phenols is 1. The van der Waals surface area contributed by atoms with Crippen LogP contribution in [-0.2, 0) is 4.79 Å². The molecule has 0 radical (unpaired) electrons. The van der Waals surface area contributed by atoms with E-state index in [0.717, 1.165) is 10.8 Å². The second-order valence-corrected chi connectivity index (χ2v) is 6.96. The smallest absolute Gasteiger partial charge is 0.251 e. The van der Waals surface area contributed by atoms with Crippen molar-refractivity contribution in [1.29, 1.82) is 0 Å². The number of amides is 2. The van der Waals surface area contributed by atoms with Crippen LogP contribution in [0.5, 0.6) is 5.75 Å². The van der Waals surface area contributed by atoms with Gasteiger partial charge in [-0.25, -0.2) is 5.43 Å². The summed E-state index contributed by atoms with van der Waals surface area (Å²) < 4.78 is 0. The number of phenolic OH excluding ortho intramolecular Hbond substituents is 1. The molecule has 3 rings (SSSR count). The molecule has 0 unspecified atom stereocenters. The van der Waals surface area contributed by atoms with E-state index in [-0.39, 0.29) is 35.6 Å². The number of aromatic hydroxyl groups is 1. The molecule has 0 spiro atoms. The lowest BCUT2D eigenvalue weighted by atomic mass is 10.0. The van der Waals surface area contributed by atoms with E-state index < -0.39 is 0 Å². The summed E-state index contributed by atoms with van der Waals surface area (Å²) in [5.74, 6) is -0.674. The van der Waals surface area contributed by atoms with Crippen LogP contribution in [0.3, 0.4) is 0 Å². The average molecular weight is 430 g/mol. The van der Waals surface area contributed by atoms with Gasteiger partial charge in [0.2, 0.25) is 5.91 Å². The molecule has 0 aromatic heterocycles. The third kappa shape index (κ3) is 5.25. The number of hydrogen-bond donors (Lipinski definition) is 3. The zero-order valence-corrected chi connectivity index (χ0v) is 16.7. The standard InChI is InChI=1S/C21H17Cl2N3O3/c22-17-7-5-14(11-18(17)23)21(29)24-10-9-20(28)26-25-12-16-15-4-2-1-3-13(15)6-8-19(16)27/h1-8,11-12,27H,9-10H2,(H,24,29)(H,26,28). The van der Waals surface area contributed by atoms with Gasteiger partial charge in [0, 0.05) is 24.1 Å². The highest BCUT2D eigenvalue weighted by molar-refractivity contribution is 6.42. The molecule has 29 heavy (non-hydrogen) atoms. The molecule has 0 saturated heterocycles. The Morgan fingerprint density at radius 1 is 1.03 bits per heavy atom. The molecule has 6 nitrogen and oxygen atoms in total. The third-order valence-electron chi connectivity index (χ3n) is 4.15. The van der Waals surface area contributed by atoms with E-state index >= 15 is 0 Å². The van der Waals surface area contributed by atoms with Crippen LogP contribution in [0, 0.1) is 0 Å². The summed E-state index contributed by atoms with van der Waals surface area (Å²) in [7, 11) is 0. The maximum atomic E-state index is 12.0. The summed E-state index contributed by atoms with van der Waals surface area (Å²) in [6.07, 6.45) is 1.43. The largest absolute Gasteiger partial charge is 0.507 e. The van der Waals surface area contributed by atoms with Crippen LogP contribution in [-0.4, -0.2) is 29.7 Å². The number of carbonyl (C=O) groups is 2. The van der Waals surface area contributed by atoms with Crippen LogP contribution < -0.4 is 10.7 Å². The van der Waals surface area contributed by atoms with Crippen molar-refractivity contribution in [3.05, 3.63) is 75.8 Å². The lowest BCUT2D eigenvalue weighted by Crippen LogP contribution is -2.29. The van der Waals surface area contributed by atoms with Crippen LogP contribution in [0.2, 0.25) is 10.0 Å². The highest BCUT2D eigenvalue weighted by atomic mass is 35.5. The maximum Gasteiger partial charge on any atom is 0.251 e. The number of halogens is 2. The van der Waals surface area contributed by atoms with Crippen molar-refractivity contribution in [3.63, 3.8) is 0 Å². The Morgan fingerprint density at radius 3 is 2.62 bits per heavy atom. The van der Waals surface area contributed by atoms with E-state index in [9.17, 15) is 14.7 Å². The number of nitrogens with one attached hydrogen (secondary N) is 2. The van der Waals surface area contributed by atoms with Gasteiger partial charge >= 0.3 is 0 Å². The van der Waals surface area contributed by atoms with E-state index in [1.807, 2.05) is 24.3 Å². The van der Waals surface area contributed by atoms with Gasteiger partial charge in [-0.1, -0.05) is 53.5 Å². The van der Waals surface area contributed by atoms with Crippen molar-refractivity contribution in [1.82, 2.24) is 10.7 Å². The Balaban J connectivity index is 1.52. The van der Waals surface area contributed by atoms with Crippen molar-refractivity contribution in [3.8, 4) is 5.75 Å². The van der Waals surface area contributed by atoms with Gasteiger partial charge in [-0.15, -0.1) is 0 Å². The second-order valence-electron chi connectivity index (χ2n) is 6.15. The molecule has 0 heterocycles. The Labute approximate surface area is 177 Å². The minimum absolute atomic E-state index is 0.0337. The zero-order valence-electron chi connectivity index (χ0n) is 15.2. The second kappa shape index (κ2) is 9.41. The number of hydrazone groups is 1. The van der Waals surface area contributed by atoms with Crippen LogP contribution in [0.4, 0.5) is 0 Å². The number of nitrogens with zero attached hydrogens (tertiary/aromatic N) is 1.